The molecule has 5 rings (SSSR count). The number of halogens is 6. The average molecular weight is 761 g/mol. The summed E-state index contributed by atoms with van der Waals surface area (Å²) in [4.78, 5) is 12.5. The molecule has 1 unspecified atom stereocenters. The number of nitrogens with zero attached hydrogens (tertiary/aromatic N) is 1. The van der Waals surface area contributed by atoms with Gasteiger partial charge in [-0.3, -0.25) is 9.35 Å². The molecule has 0 spiro atoms. The van der Waals surface area contributed by atoms with Crippen molar-refractivity contribution in [2.24, 2.45) is 0 Å². The van der Waals surface area contributed by atoms with Crippen molar-refractivity contribution in [2.45, 2.75) is 51.1 Å². The van der Waals surface area contributed by atoms with Gasteiger partial charge in [-0.2, -0.15) is 21.6 Å². The third-order valence-electron chi connectivity index (χ3n) is 8.33. The summed E-state index contributed by atoms with van der Waals surface area (Å²) < 4.78 is 121. The van der Waals surface area contributed by atoms with E-state index in [0.717, 1.165) is 41.0 Å². The van der Waals surface area contributed by atoms with E-state index in [4.69, 9.17) is 9.08 Å². The van der Waals surface area contributed by atoms with Gasteiger partial charge in [0.25, 0.3) is 16.0 Å². The van der Waals surface area contributed by atoms with Crippen molar-refractivity contribution in [3.05, 3.63) is 131 Å². The molecule has 53 heavy (non-hydrogen) atoms. The van der Waals surface area contributed by atoms with Crippen LogP contribution in [0.4, 0.5) is 26.3 Å². The minimum atomic E-state index is -4.93. The summed E-state index contributed by atoms with van der Waals surface area (Å²) in [5.41, 5.74) is 2.50. The molecule has 0 saturated carbocycles. The van der Waals surface area contributed by atoms with Crippen molar-refractivity contribution in [1.29, 1.82) is 0 Å². The van der Waals surface area contributed by atoms with Crippen molar-refractivity contribution in [3.8, 4) is 28.2 Å². The van der Waals surface area contributed by atoms with E-state index in [2.05, 4.69) is 36.0 Å². The van der Waals surface area contributed by atoms with Crippen molar-refractivity contribution in [3.63, 3.8) is 0 Å². The summed E-state index contributed by atoms with van der Waals surface area (Å²) >= 11 is 0. The summed E-state index contributed by atoms with van der Waals surface area (Å²) in [7, 11) is -4.25. The first-order chi connectivity index (χ1) is 24.6. The number of amides is 1. The molecular weight excluding hydrogens is 726 g/mol. The van der Waals surface area contributed by atoms with Crippen LogP contribution in [0.5, 0.6) is 5.75 Å². The van der Waals surface area contributed by atoms with Crippen molar-refractivity contribution >= 4 is 16.0 Å². The normalized spacial score (nSPS) is 13.1. The number of benzene rings is 4. The van der Waals surface area contributed by atoms with Crippen LogP contribution in [0.1, 0.15) is 65.0 Å². The molecule has 5 aromatic rings. The average Bonchev–Trinajstić information content (AvgIpc) is 3.56. The van der Waals surface area contributed by atoms with Gasteiger partial charge in [-0.25, -0.2) is 0 Å². The Kier molecular flexibility index (Phi) is 11.1. The highest BCUT2D eigenvalue weighted by Crippen LogP contribution is 2.39. The van der Waals surface area contributed by atoms with Gasteiger partial charge in [-0.05, 0) is 82.1 Å². The Balaban J connectivity index is 1.48. The van der Waals surface area contributed by atoms with Gasteiger partial charge in [0.2, 0.25) is 0 Å². The van der Waals surface area contributed by atoms with Gasteiger partial charge >= 0.3 is 12.5 Å². The van der Waals surface area contributed by atoms with Crippen molar-refractivity contribution in [1.82, 2.24) is 10.5 Å². The van der Waals surface area contributed by atoms with Gasteiger partial charge in [-0.1, -0.05) is 74.5 Å². The first-order valence-electron chi connectivity index (χ1n) is 16.1. The molecule has 1 amide bonds. The second kappa shape index (κ2) is 15.1. The lowest BCUT2D eigenvalue weighted by atomic mass is 9.83. The second-order valence-electron chi connectivity index (χ2n) is 13.4. The molecule has 0 aliphatic rings. The maximum atomic E-state index is 14.1. The minimum absolute atomic E-state index is 0.0256. The molecule has 2 N–H and O–H groups in total. The van der Waals surface area contributed by atoms with Crippen LogP contribution < -0.4 is 10.1 Å². The predicted octanol–water partition coefficient (Wildman–Crippen LogP) is 9.22. The fraction of sp³-hybridized carbons (Fsp3) is 0.263. The molecule has 4 aromatic carbocycles. The Morgan fingerprint density at radius 1 is 0.811 bits per heavy atom. The third-order valence-corrected chi connectivity index (χ3v) is 9.05. The molecular formula is C38H34F6N2O6S. The number of aromatic nitrogens is 1. The molecule has 0 saturated heterocycles. The zero-order chi connectivity index (χ0) is 38.8. The molecule has 280 valence electrons. The molecule has 0 aliphatic carbocycles. The molecule has 1 atom stereocenters. The lowest BCUT2D eigenvalue weighted by molar-refractivity contribution is -0.274. The highest BCUT2D eigenvalue weighted by atomic mass is 32.2. The number of rotatable bonds is 11. The Hall–Kier alpha value is -5.15. The van der Waals surface area contributed by atoms with Crippen LogP contribution in [-0.4, -0.2) is 42.7 Å². The van der Waals surface area contributed by atoms with Gasteiger partial charge in [0.1, 0.15) is 5.75 Å². The lowest BCUT2D eigenvalue weighted by Crippen LogP contribution is -2.28. The van der Waals surface area contributed by atoms with E-state index in [9.17, 15) is 39.6 Å². The summed E-state index contributed by atoms with van der Waals surface area (Å²) in [6.45, 7) is 5.92. The van der Waals surface area contributed by atoms with Gasteiger partial charge in [-0.15, -0.1) is 13.2 Å². The van der Waals surface area contributed by atoms with E-state index in [1.807, 2.05) is 24.3 Å². The van der Waals surface area contributed by atoms with Gasteiger partial charge < -0.3 is 14.6 Å². The van der Waals surface area contributed by atoms with Crippen LogP contribution in [0.15, 0.2) is 102 Å². The topological polar surface area (TPSA) is 119 Å². The van der Waals surface area contributed by atoms with E-state index < -0.39 is 51.5 Å². The van der Waals surface area contributed by atoms with Gasteiger partial charge in [0.05, 0.1) is 17.0 Å². The number of ether oxygens (including phenoxy) is 1. The zero-order valence-corrected chi connectivity index (χ0v) is 29.4. The third kappa shape index (κ3) is 10.7. The van der Waals surface area contributed by atoms with E-state index in [-0.39, 0.29) is 40.0 Å². The molecule has 0 radical (unpaired) electrons. The van der Waals surface area contributed by atoms with Crippen molar-refractivity contribution in [2.75, 3.05) is 12.3 Å². The molecule has 15 heteroatoms. The predicted molar refractivity (Wildman–Crippen MR) is 185 cm³/mol. The molecule has 0 aliphatic heterocycles. The number of alkyl halides is 6. The maximum Gasteiger partial charge on any atom is 0.573 e. The van der Waals surface area contributed by atoms with E-state index in [0.29, 0.717) is 12.1 Å². The molecule has 0 fully saturated rings. The molecule has 0 bridgehead atoms. The Bertz CT molecular complexity index is 2160. The standard InChI is InChI=1S/C38H34F6N2O6S/c1-36(2,3)29-12-8-25(9-13-29)32(18-23-4-6-26(7-5-23)35(47)45-16-17-53(48,49)50)33-22-34(52-46-33)28-19-27(20-30(21-28)37(39,40)41)24-10-14-31(15-11-24)51-38(42,43)44/h4-15,19-22,32H,16-18H2,1-3H3,(H,45,47)(H,48,49,50). The van der Waals surface area contributed by atoms with Gasteiger partial charge in [0, 0.05) is 29.7 Å². The van der Waals surface area contributed by atoms with Crippen LogP contribution >= 0.6 is 0 Å². The zero-order valence-electron chi connectivity index (χ0n) is 28.5. The number of carbonyl (C=O) groups is 1. The fourth-order valence-electron chi connectivity index (χ4n) is 5.57. The number of hydrogen-bond acceptors (Lipinski definition) is 6. The quantitative estimate of drug-likeness (QED) is 0.102. The van der Waals surface area contributed by atoms with E-state index in [1.165, 1.54) is 18.2 Å². The SMILES string of the molecule is CC(C)(C)c1ccc(C(Cc2ccc(C(=O)NCCS(=O)(=O)O)cc2)c2cc(-c3cc(-c4ccc(OC(F)(F)F)cc4)cc(C(F)(F)F)c3)on2)cc1. The summed E-state index contributed by atoms with van der Waals surface area (Å²) in [5.74, 6) is -2.13. The van der Waals surface area contributed by atoms with Crippen LogP contribution in [0.25, 0.3) is 22.5 Å². The molecule has 1 aromatic heterocycles. The van der Waals surface area contributed by atoms with Gasteiger partial charge in [0.15, 0.2) is 5.76 Å². The lowest BCUT2D eigenvalue weighted by Gasteiger charge is -2.21. The Morgan fingerprint density at radius 3 is 2.00 bits per heavy atom. The number of hydrogen-bond donors (Lipinski definition) is 2. The highest BCUT2D eigenvalue weighted by Gasteiger charge is 2.33. The number of nitrogens with one attached hydrogen (secondary N) is 1. The largest absolute Gasteiger partial charge is 0.573 e. The van der Waals surface area contributed by atoms with Crippen LogP contribution in [0, 0.1) is 0 Å². The van der Waals surface area contributed by atoms with Crippen molar-refractivity contribution < 1.29 is 53.4 Å². The Morgan fingerprint density at radius 2 is 1.43 bits per heavy atom. The highest BCUT2D eigenvalue weighted by molar-refractivity contribution is 7.85. The molecule has 8 nitrogen and oxygen atoms in total. The molecule has 1 heterocycles. The second-order valence-corrected chi connectivity index (χ2v) is 14.9. The fourth-order valence-corrected chi connectivity index (χ4v) is 5.93. The smallest absolute Gasteiger partial charge is 0.406 e. The first-order valence-corrected chi connectivity index (χ1v) is 17.7. The van der Waals surface area contributed by atoms with E-state index >= 15 is 0 Å². The van der Waals surface area contributed by atoms with E-state index in [1.54, 1.807) is 30.3 Å². The van der Waals surface area contributed by atoms with Crippen LogP contribution in [0.3, 0.4) is 0 Å². The maximum absolute atomic E-state index is 14.1. The summed E-state index contributed by atoms with van der Waals surface area (Å²) in [5, 5.41) is 6.69. The first kappa shape index (κ1) is 39.1. The summed E-state index contributed by atoms with van der Waals surface area (Å²) in [6.07, 6.45) is -9.35. The minimum Gasteiger partial charge on any atom is -0.406 e. The van der Waals surface area contributed by atoms with Crippen LogP contribution in [0.2, 0.25) is 0 Å². The summed E-state index contributed by atoms with van der Waals surface area (Å²) in [6, 6.07) is 23.6. The monoisotopic (exact) mass is 760 g/mol. The Labute approximate surface area is 301 Å². The van der Waals surface area contributed by atoms with Crippen LogP contribution in [-0.2, 0) is 28.1 Å². The number of carbonyl (C=O) groups excluding carboxylic acids is 1.